The number of piperidine rings is 1. The molecule has 1 heterocycles. The van der Waals surface area contributed by atoms with Crippen LogP contribution >= 0.6 is 11.6 Å². The van der Waals surface area contributed by atoms with Crippen molar-refractivity contribution in [2.75, 3.05) is 32.5 Å². The fourth-order valence-corrected chi connectivity index (χ4v) is 2.57. The van der Waals surface area contributed by atoms with Gasteiger partial charge in [0.1, 0.15) is 5.82 Å². The first-order chi connectivity index (χ1) is 9.49. The second kappa shape index (κ2) is 6.41. The molecule has 0 bridgehead atoms. The molecule has 0 radical (unpaired) electrons. The lowest BCUT2D eigenvalue weighted by molar-refractivity contribution is 0.156. The van der Waals surface area contributed by atoms with E-state index in [1.54, 1.807) is 18.0 Å². The monoisotopic (exact) mass is 299 g/mol. The van der Waals surface area contributed by atoms with Crippen molar-refractivity contribution in [2.45, 2.75) is 18.9 Å². The number of carbonyl (C=O) groups is 1. The number of benzene rings is 1. The summed E-state index contributed by atoms with van der Waals surface area (Å²) >= 11 is 5.90. The fraction of sp³-hybridized carbons (Fsp3) is 0.500. The minimum Gasteiger partial charge on any atom is -0.325 e. The molecule has 2 amide bonds. The van der Waals surface area contributed by atoms with E-state index in [2.05, 4.69) is 17.3 Å². The van der Waals surface area contributed by atoms with Crippen LogP contribution < -0.4 is 5.32 Å². The Morgan fingerprint density at radius 2 is 2.10 bits per heavy atom. The van der Waals surface area contributed by atoms with E-state index in [0.29, 0.717) is 0 Å². The van der Waals surface area contributed by atoms with Crippen molar-refractivity contribution in [3.8, 4) is 0 Å². The van der Waals surface area contributed by atoms with Crippen LogP contribution in [0.5, 0.6) is 0 Å². The van der Waals surface area contributed by atoms with Gasteiger partial charge in [0.25, 0.3) is 0 Å². The molecule has 0 atom stereocenters. The molecule has 1 aliphatic rings. The Morgan fingerprint density at radius 1 is 1.45 bits per heavy atom. The summed E-state index contributed by atoms with van der Waals surface area (Å²) in [4.78, 5) is 16.0. The molecule has 4 nitrogen and oxygen atoms in total. The first-order valence-corrected chi connectivity index (χ1v) is 7.03. The smallest absolute Gasteiger partial charge is 0.321 e. The van der Waals surface area contributed by atoms with Crippen LogP contribution in [0, 0.1) is 5.82 Å². The number of anilines is 1. The van der Waals surface area contributed by atoms with E-state index in [9.17, 15) is 9.18 Å². The highest BCUT2D eigenvalue weighted by atomic mass is 35.5. The molecule has 1 aliphatic heterocycles. The number of nitrogens with zero attached hydrogens (tertiary/aromatic N) is 2. The average Bonchev–Trinajstić information content (AvgIpc) is 2.43. The number of halogens is 2. The number of nitrogens with one attached hydrogen (secondary N) is 1. The molecule has 2 rings (SSSR count). The van der Waals surface area contributed by atoms with E-state index in [1.165, 1.54) is 12.1 Å². The molecule has 20 heavy (non-hydrogen) atoms. The molecule has 6 heteroatoms. The summed E-state index contributed by atoms with van der Waals surface area (Å²) in [5.74, 6) is -0.525. The maximum atomic E-state index is 13.6. The molecule has 110 valence electrons. The Hall–Kier alpha value is -1.33. The molecule has 1 fully saturated rings. The summed E-state index contributed by atoms with van der Waals surface area (Å²) in [5, 5.41) is 2.76. The maximum absolute atomic E-state index is 13.6. The number of amides is 2. The number of hydrogen-bond acceptors (Lipinski definition) is 2. The van der Waals surface area contributed by atoms with Gasteiger partial charge in [0.2, 0.25) is 0 Å². The topological polar surface area (TPSA) is 35.6 Å². The van der Waals surface area contributed by atoms with Gasteiger partial charge >= 0.3 is 6.03 Å². The number of hydrogen-bond donors (Lipinski definition) is 1. The molecular weight excluding hydrogens is 281 g/mol. The predicted molar refractivity (Wildman–Crippen MR) is 78.7 cm³/mol. The number of para-hydroxylation sites is 1. The Bertz CT molecular complexity index is 469. The highest BCUT2D eigenvalue weighted by molar-refractivity contribution is 6.33. The zero-order valence-corrected chi connectivity index (χ0v) is 12.5. The van der Waals surface area contributed by atoms with E-state index in [1.807, 2.05) is 0 Å². The molecule has 0 saturated carbocycles. The van der Waals surface area contributed by atoms with Gasteiger partial charge < -0.3 is 15.1 Å². The Labute approximate surface area is 123 Å². The minimum absolute atomic E-state index is 0.0407. The largest absolute Gasteiger partial charge is 0.325 e. The van der Waals surface area contributed by atoms with Gasteiger partial charge in [-0.15, -0.1) is 0 Å². The lowest BCUT2D eigenvalue weighted by Gasteiger charge is -2.35. The van der Waals surface area contributed by atoms with Crippen LogP contribution in [-0.2, 0) is 0 Å². The molecule has 1 aromatic rings. The Kier molecular flexibility index (Phi) is 4.83. The summed E-state index contributed by atoms with van der Waals surface area (Å²) in [6.07, 6.45) is 1.84. The summed E-state index contributed by atoms with van der Waals surface area (Å²) in [6.45, 7) is 1.92. The van der Waals surface area contributed by atoms with Crippen molar-refractivity contribution in [3.63, 3.8) is 0 Å². The molecular formula is C14H19ClFN3O. The molecule has 1 aromatic carbocycles. The third-order valence-corrected chi connectivity index (χ3v) is 4.07. The van der Waals surface area contributed by atoms with E-state index < -0.39 is 5.82 Å². The van der Waals surface area contributed by atoms with Crippen LogP contribution in [0.25, 0.3) is 0 Å². The first-order valence-electron chi connectivity index (χ1n) is 6.65. The quantitative estimate of drug-likeness (QED) is 0.911. The third kappa shape index (κ3) is 3.41. The second-order valence-electron chi connectivity index (χ2n) is 5.17. The zero-order valence-electron chi connectivity index (χ0n) is 11.7. The van der Waals surface area contributed by atoms with Crippen molar-refractivity contribution < 1.29 is 9.18 Å². The number of urea groups is 1. The van der Waals surface area contributed by atoms with E-state index in [-0.39, 0.29) is 22.8 Å². The number of carbonyl (C=O) groups excluding carboxylic acids is 1. The van der Waals surface area contributed by atoms with Gasteiger partial charge in [-0.05, 0) is 45.1 Å². The van der Waals surface area contributed by atoms with Gasteiger partial charge in [-0.1, -0.05) is 17.7 Å². The van der Waals surface area contributed by atoms with Crippen LogP contribution in [0.15, 0.2) is 18.2 Å². The van der Waals surface area contributed by atoms with E-state index in [4.69, 9.17) is 11.6 Å². The molecule has 1 saturated heterocycles. The average molecular weight is 300 g/mol. The van der Waals surface area contributed by atoms with Gasteiger partial charge in [-0.3, -0.25) is 0 Å². The Morgan fingerprint density at radius 3 is 2.70 bits per heavy atom. The van der Waals surface area contributed by atoms with Crippen LogP contribution in [0.1, 0.15) is 12.8 Å². The van der Waals surface area contributed by atoms with Crippen molar-refractivity contribution in [1.82, 2.24) is 9.80 Å². The van der Waals surface area contributed by atoms with Crippen LogP contribution in [0.3, 0.4) is 0 Å². The van der Waals surface area contributed by atoms with Gasteiger partial charge in [0.15, 0.2) is 0 Å². The maximum Gasteiger partial charge on any atom is 0.321 e. The second-order valence-corrected chi connectivity index (χ2v) is 5.58. The summed E-state index contributed by atoms with van der Waals surface area (Å²) in [5.41, 5.74) is 0.0407. The SMILES string of the molecule is CN1CCC(N(C)C(=O)Nc2c(F)cccc2Cl)CC1. The molecule has 0 spiro atoms. The van der Waals surface area contributed by atoms with Crippen molar-refractivity contribution in [1.29, 1.82) is 0 Å². The van der Waals surface area contributed by atoms with Crippen LogP contribution in [0.4, 0.5) is 14.9 Å². The van der Waals surface area contributed by atoms with Crippen molar-refractivity contribution in [2.24, 2.45) is 0 Å². The summed E-state index contributed by atoms with van der Waals surface area (Å²) in [7, 11) is 3.80. The van der Waals surface area contributed by atoms with Crippen LogP contribution in [-0.4, -0.2) is 49.1 Å². The third-order valence-electron chi connectivity index (χ3n) is 3.75. The normalized spacial score (nSPS) is 17.0. The van der Waals surface area contributed by atoms with E-state index in [0.717, 1.165) is 25.9 Å². The predicted octanol–water partition coefficient (Wildman–Crippen LogP) is 3.04. The molecule has 1 N–H and O–H groups in total. The highest BCUT2D eigenvalue weighted by Gasteiger charge is 2.24. The number of rotatable bonds is 2. The van der Waals surface area contributed by atoms with Crippen LogP contribution in [0.2, 0.25) is 5.02 Å². The summed E-state index contributed by atoms with van der Waals surface area (Å²) < 4.78 is 13.6. The molecule has 0 unspecified atom stereocenters. The first kappa shape index (κ1) is 15.1. The standard InChI is InChI=1S/C14H19ClFN3O/c1-18-8-6-10(7-9-18)19(2)14(20)17-13-11(15)4-3-5-12(13)16/h3-5,10H,6-9H2,1-2H3,(H,17,20). The highest BCUT2D eigenvalue weighted by Crippen LogP contribution is 2.25. The number of likely N-dealkylation sites (tertiary alicyclic amines) is 1. The lowest BCUT2D eigenvalue weighted by Crippen LogP contribution is -2.46. The van der Waals surface area contributed by atoms with Gasteiger partial charge in [-0.25, -0.2) is 9.18 Å². The molecule has 0 aromatic heterocycles. The minimum atomic E-state index is -0.525. The Balaban J connectivity index is 2.01. The zero-order chi connectivity index (χ0) is 14.7. The van der Waals surface area contributed by atoms with E-state index >= 15 is 0 Å². The van der Waals surface area contributed by atoms with Gasteiger partial charge in [0, 0.05) is 13.1 Å². The van der Waals surface area contributed by atoms with Crippen molar-refractivity contribution >= 4 is 23.3 Å². The summed E-state index contributed by atoms with van der Waals surface area (Å²) in [6, 6.07) is 4.18. The fourth-order valence-electron chi connectivity index (χ4n) is 2.36. The van der Waals surface area contributed by atoms with Gasteiger partial charge in [0.05, 0.1) is 10.7 Å². The van der Waals surface area contributed by atoms with Crippen molar-refractivity contribution in [3.05, 3.63) is 29.0 Å². The lowest BCUT2D eigenvalue weighted by atomic mass is 10.0. The van der Waals surface area contributed by atoms with Gasteiger partial charge in [-0.2, -0.15) is 0 Å². The molecule has 0 aliphatic carbocycles.